The minimum absolute atomic E-state index is 0.122. The highest BCUT2D eigenvalue weighted by atomic mass is 19.2. The number of ether oxygens (including phenoxy) is 2. The highest BCUT2D eigenvalue weighted by Gasteiger charge is 2.30. The molecule has 0 N–H and O–H groups in total. The number of benzene rings is 1. The molecular weight excluding hydrogens is 397 g/mol. The van der Waals surface area contributed by atoms with E-state index in [1.807, 2.05) is 0 Å². The van der Waals surface area contributed by atoms with Crippen LogP contribution in [0.5, 0.6) is 11.6 Å². The van der Waals surface area contributed by atoms with E-state index in [0.717, 1.165) is 26.2 Å². The van der Waals surface area contributed by atoms with Gasteiger partial charge in [-0.1, -0.05) is 0 Å². The summed E-state index contributed by atoms with van der Waals surface area (Å²) < 4.78 is 82.8. The van der Waals surface area contributed by atoms with Gasteiger partial charge in [-0.25, -0.2) is 22.5 Å². The van der Waals surface area contributed by atoms with Gasteiger partial charge in [-0.05, 0) is 13.8 Å². The van der Waals surface area contributed by atoms with Gasteiger partial charge in [0, 0.05) is 17.7 Å². The molecule has 152 valence electrons. The third-order valence-electron chi connectivity index (χ3n) is 4.26. The predicted octanol–water partition coefficient (Wildman–Crippen LogP) is 4.54. The number of nitrogens with zero attached hydrogens (tertiary/aromatic N) is 3. The van der Waals surface area contributed by atoms with E-state index in [2.05, 4.69) is 15.2 Å². The summed E-state index contributed by atoms with van der Waals surface area (Å²) in [5.41, 5.74) is -3.17. The molecule has 0 aliphatic carbocycles. The third kappa shape index (κ3) is 3.34. The van der Waals surface area contributed by atoms with Crippen LogP contribution in [0.1, 0.15) is 11.4 Å². The quantitative estimate of drug-likeness (QED) is 0.466. The molecular formula is C19H14F5N3O2. The predicted molar refractivity (Wildman–Crippen MR) is 93.1 cm³/mol. The Balaban J connectivity index is 2.49. The van der Waals surface area contributed by atoms with E-state index in [4.69, 9.17) is 9.47 Å². The van der Waals surface area contributed by atoms with Crippen molar-refractivity contribution in [1.82, 2.24) is 15.2 Å². The Morgan fingerprint density at radius 3 is 1.86 bits per heavy atom. The average molecular weight is 411 g/mol. The summed E-state index contributed by atoms with van der Waals surface area (Å²) in [5.74, 6) is -7.14. The lowest BCUT2D eigenvalue weighted by Gasteiger charge is -2.17. The molecule has 0 saturated carbocycles. The van der Waals surface area contributed by atoms with Crippen LogP contribution in [0.3, 0.4) is 0 Å². The molecule has 0 aliphatic rings. The van der Waals surface area contributed by atoms with E-state index in [0.29, 0.717) is 0 Å². The largest absolute Gasteiger partial charge is 0.497 e. The molecule has 0 atom stereocenters. The number of hydrogen-bond donors (Lipinski definition) is 0. The first kappa shape index (κ1) is 20.4. The maximum atomic E-state index is 14.8. The molecule has 2 heterocycles. The molecule has 0 amide bonds. The Labute approximate surface area is 162 Å². The summed E-state index contributed by atoms with van der Waals surface area (Å²) in [6.45, 7) is 2.37. The topological polar surface area (TPSA) is 57.1 Å². The van der Waals surface area contributed by atoms with Crippen LogP contribution < -0.4 is 9.47 Å². The van der Waals surface area contributed by atoms with Crippen LogP contribution in [0, 0.1) is 43.1 Å². The zero-order valence-electron chi connectivity index (χ0n) is 15.7. The van der Waals surface area contributed by atoms with Crippen molar-refractivity contribution in [2.75, 3.05) is 14.2 Å². The second-order valence-electron chi connectivity index (χ2n) is 6.00. The van der Waals surface area contributed by atoms with E-state index in [1.165, 1.54) is 14.0 Å². The average Bonchev–Trinajstić information content (AvgIpc) is 2.67. The maximum Gasteiger partial charge on any atom is 0.241 e. The number of pyridine rings is 1. The molecule has 5 nitrogen and oxygen atoms in total. The summed E-state index contributed by atoms with van der Waals surface area (Å²) >= 11 is 0. The van der Waals surface area contributed by atoms with Crippen LogP contribution >= 0.6 is 0 Å². The highest BCUT2D eigenvalue weighted by Crippen LogP contribution is 2.44. The van der Waals surface area contributed by atoms with Gasteiger partial charge < -0.3 is 9.47 Å². The van der Waals surface area contributed by atoms with Gasteiger partial charge >= 0.3 is 0 Å². The standard InChI is InChI=1S/C19H14F5N3O2/c1-7-12(15-17(23)16(22)8(2)25-18(15)24)14(19(29-4)27-26-7)13-10(20)5-9(28-3)6-11(13)21/h5-6H,1-4H3. The van der Waals surface area contributed by atoms with Crippen molar-refractivity contribution in [3.63, 3.8) is 0 Å². The summed E-state index contributed by atoms with van der Waals surface area (Å²) in [6.07, 6.45) is 0. The number of aromatic nitrogens is 3. The zero-order chi connectivity index (χ0) is 21.5. The molecule has 0 saturated heterocycles. The number of rotatable bonds is 4. The van der Waals surface area contributed by atoms with Gasteiger partial charge in [-0.3, -0.25) is 0 Å². The van der Waals surface area contributed by atoms with Crippen molar-refractivity contribution in [2.24, 2.45) is 0 Å². The molecule has 1 aromatic carbocycles. The van der Waals surface area contributed by atoms with Crippen molar-refractivity contribution < 1.29 is 31.4 Å². The number of hydrogen-bond acceptors (Lipinski definition) is 5. The van der Waals surface area contributed by atoms with Crippen molar-refractivity contribution in [1.29, 1.82) is 0 Å². The van der Waals surface area contributed by atoms with Crippen molar-refractivity contribution in [3.8, 4) is 33.9 Å². The first-order chi connectivity index (χ1) is 13.7. The zero-order valence-corrected chi connectivity index (χ0v) is 15.7. The minimum atomic E-state index is -1.58. The molecule has 0 aliphatic heterocycles. The van der Waals surface area contributed by atoms with E-state index >= 15 is 0 Å². The third-order valence-corrected chi connectivity index (χ3v) is 4.26. The lowest BCUT2D eigenvalue weighted by Crippen LogP contribution is -2.08. The molecule has 2 aromatic heterocycles. The smallest absolute Gasteiger partial charge is 0.241 e. The van der Waals surface area contributed by atoms with Crippen molar-refractivity contribution in [3.05, 3.63) is 52.7 Å². The fraction of sp³-hybridized carbons (Fsp3) is 0.211. The maximum absolute atomic E-state index is 14.8. The Hall–Kier alpha value is -3.30. The number of halogens is 5. The second kappa shape index (κ2) is 7.61. The van der Waals surface area contributed by atoms with Crippen LogP contribution in [0.25, 0.3) is 22.3 Å². The summed E-state index contributed by atoms with van der Waals surface area (Å²) in [6, 6.07) is 1.75. The van der Waals surface area contributed by atoms with Crippen molar-refractivity contribution >= 4 is 0 Å². The van der Waals surface area contributed by atoms with Crippen LogP contribution in [0.15, 0.2) is 12.1 Å². The summed E-state index contributed by atoms with van der Waals surface area (Å²) in [4.78, 5) is 3.34. The lowest BCUT2D eigenvalue weighted by atomic mass is 9.93. The molecule has 29 heavy (non-hydrogen) atoms. The van der Waals surface area contributed by atoms with E-state index in [9.17, 15) is 22.0 Å². The highest BCUT2D eigenvalue weighted by molar-refractivity contribution is 5.88. The molecule has 0 spiro atoms. The monoisotopic (exact) mass is 411 g/mol. The van der Waals surface area contributed by atoms with Crippen LogP contribution in [0.4, 0.5) is 22.0 Å². The fourth-order valence-corrected chi connectivity index (χ4v) is 2.92. The molecule has 0 unspecified atom stereocenters. The van der Waals surface area contributed by atoms with Gasteiger partial charge in [0.2, 0.25) is 11.8 Å². The van der Waals surface area contributed by atoms with E-state index < -0.39 is 63.0 Å². The SMILES string of the molecule is COc1cc(F)c(-c2c(OC)nnc(C)c2-c2c(F)nc(C)c(F)c2F)c(F)c1. The minimum Gasteiger partial charge on any atom is -0.497 e. The van der Waals surface area contributed by atoms with Gasteiger partial charge in [0.25, 0.3) is 0 Å². The molecule has 0 radical (unpaired) electrons. The molecule has 3 rings (SSSR count). The van der Waals surface area contributed by atoms with E-state index in [-0.39, 0.29) is 11.4 Å². The van der Waals surface area contributed by atoms with Gasteiger partial charge in [0.05, 0.1) is 42.3 Å². The summed E-state index contributed by atoms with van der Waals surface area (Å²) in [5, 5.41) is 7.40. The Bertz CT molecular complexity index is 1100. The van der Waals surface area contributed by atoms with Gasteiger partial charge in [-0.2, -0.15) is 9.49 Å². The van der Waals surface area contributed by atoms with E-state index in [1.54, 1.807) is 0 Å². The van der Waals surface area contributed by atoms with Crippen molar-refractivity contribution in [2.45, 2.75) is 13.8 Å². The molecule has 0 fully saturated rings. The van der Waals surface area contributed by atoms with Crippen LogP contribution in [-0.2, 0) is 0 Å². The Kier molecular flexibility index (Phi) is 5.36. The molecule has 3 aromatic rings. The van der Waals surface area contributed by atoms with Crippen LogP contribution in [0.2, 0.25) is 0 Å². The number of aryl methyl sites for hydroxylation is 2. The fourth-order valence-electron chi connectivity index (χ4n) is 2.92. The molecule has 10 heteroatoms. The Morgan fingerprint density at radius 2 is 1.31 bits per heavy atom. The first-order valence-electron chi connectivity index (χ1n) is 8.17. The molecule has 0 bridgehead atoms. The van der Waals surface area contributed by atoms with Gasteiger partial charge in [0.15, 0.2) is 11.6 Å². The number of methoxy groups -OCH3 is 2. The first-order valence-corrected chi connectivity index (χ1v) is 8.17. The second-order valence-corrected chi connectivity index (χ2v) is 6.00. The Morgan fingerprint density at radius 1 is 0.690 bits per heavy atom. The van der Waals surface area contributed by atoms with Gasteiger partial charge in [-0.15, -0.1) is 5.10 Å². The van der Waals surface area contributed by atoms with Gasteiger partial charge in [0.1, 0.15) is 17.4 Å². The lowest BCUT2D eigenvalue weighted by molar-refractivity contribution is 0.392. The van der Waals surface area contributed by atoms with Crippen LogP contribution in [-0.4, -0.2) is 29.4 Å². The summed E-state index contributed by atoms with van der Waals surface area (Å²) in [7, 11) is 2.34. The normalized spacial score (nSPS) is 10.9.